The van der Waals surface area contributed by atoms with Gasteiger partial charge in [-0.2, -0.15) is 0 Å². The molecule has 0 amide bonds. The largest absolute Gasteiger partial charge is 0.468 e. The lowest BCUT2D eigenvalue weighted by molar-refractivity contribution is -0.119. The first-order valence-electron chi connectivity index (χ1n) is 7.46. The fourth-order valence-electron chi connectivity index (χ4n) is 4.24. The van der Waals surface area contributed by atoms with Gasteiger partial charge in [0.25, 0.3) is 0 Å². The van der Waals surface area contributed by atoms with E-state index in [0.717, 1.165) is 31.4 Å². The summed E-state index contributed by atoms with van der Waals surface area (Å²) in [6, 6.07) is 12.6. The number of hydrogen-bond donors (Lipinski definition) is 0. The summed E-state index contributed by atoms with van der Waals surface area (Å²) in [6.45, 7) is 0. The van der Waals surface area contributed by atoms with Crippen molar-refractivity contribution in [2.45, 2.75) is 43.4 Å². The van der Waals surface area contributed by atoms with Crippen LogP contribution in [0.1, 0.15) is 48.5 Å². The van der Waals surface area contributed by atoms with Crippen molar-refractivity contribution in [3.8, 4) is 0 Å². The molecule has 2 heteroatoms. The molecule has 4 rings (SSSR count). The summed E-state index contributed by atoms with van der Waals surface area (Å²) in [5.41, 5.74) is 2.50. The monoisotopic (exact) mass is 266 g/mol. The van der Waals surface area contributed by atoms with E-state index in [-0.39, 0.29) is 11.3 Å². The Morgan fingerprint density at radius 1 is 1.05 bits per heavy atom. The van der Waals surface area contributed by atoms with Crippen molar-refractivity contribution in [3.05, 3.63) is 59.5 Å². The molecule has 0 spiro atoms. The smallest absolute Gasteiger partial charge is 0.144 e. The average molecular weight is 266 g/mol. The van der Waals surface area contributed by atoms with E-state index in [1.807, 2.05) is 12.1 Å². The molecule has 1 aromatic heterocycles. The number of carbonyl (C=O) groups is 1. The number of furan rings is 1. The molecule has 2 aromatic rings. The average Bonchev–Trinajstić information content (AvgIpc) is 3.02. The maximum atomic E-state index is 12.5. The Bertz CT molecular complexity index is 640. The molecule has 0 radical (unpaired) electrons. The summed E-state index contributed by atoms with van der Waals surface area (Å²) in [6.07, 6.45) is 6.63. The van der Waals surface area contributed by atoms with Gasteiger partial charge in [-0.05, 0) is 42.9 Å². The minimum atomic E-state index is -0.0719. The number of rotatable bonds is 1. The number of carbonyl (C=O) groups excluding carboxylic acids is 1. The minimum Gasteiger partial charge on any atom is -0.468 e. The van der Waals surface area contributed by atoms with Crippen molar-refractivity contribution in [2.24, 2.45) is 0 Å². The molecule has 1 fully saturated rings. The molecule has 0 N–H and O–H groups in total. The second-order valence-electron chi connectivity index (χ2n) is 6.09. The highest BCUT2D eigenvalue weighted by atomic mass is 16.3. The van der Waals surface area contributed by atoms with E-state index in [9.17, 15) is 4.79 Å². The number of ketones is 1. The Morgan fingerprint density at radius 3 is 2.75 bits per heavy atom. The second kappa shape index (κ2) is 4.34. The zero-order valence-corrected chi connectivity index (χ0v) is 11.5. The summed E-state index contributed by atoms with van der Waals surface area (Å²) in [7, 11) is 0. The summed E-state index contributed by atoms with van der Waals surface area (Å²) in [5, 5.41) is 0. The number of benzene rings is 1. The molecule has 2 atom stereocenters. The van der Waals surface area contributed by atoms with Crippen LogP contribution in [0.2, 0.25) is 0 Å². The SMILES string of the molecule is O=C1CC[C@]2(c3ccccc3)CCCc3ccoc3[C@H]12. The van der Waals surface area contributed by atoms with E-state index in [1.165, 1.54) is 11.1 Å². The quantitative estimate of drug-likeness (QED) is 0.781. The number of fused-ring (bicyclic) bond motifs is 3. The summed E-state index contributed by atoms with van der Waals surface area (Å²) in [4.78, 5) is 12.5. The number of aryl methyl sites for hydroxylation is 1. The van der Waals surface area contributed by atoms with E-state index in [2.05, 4.69) is 24.3 Å². The van der Waals surface area contributed by atoms with Gasteiger partial charge in [-0.1, -0.05) is 30.3 Å². The molecular weight excluding hydrogens is 248 g/mol. The van der Waals surface area contributed by atoms with E-state index in [1.54, 1.807) is 6.26 Å². The van der Waals surface area contributed by atoms with Crippen LogP contribution in [-0.4, -0.2) is 5.78 Å². The van der Waals surface area contributed by atoms with Crippen LogP contribution in [0.15, 0.2) is 47.1 Å². The molecule has 0 bridgehead atoms. The highest BCUT2D eigenvalue weighted by Crippen LogP contribution is 2.54. The zero-order chi connectivity index (χ0) is 13.6. The Hall–Kier alpha value is -1.83. The van der Waals surface area contributed by atoms with E-state index in [4.69, 9.17) is 4.42 Å². The molecule has 2 aliphatic carbocycles. The first-order valence-corrected chi connectivity index (χ1v) is 7.46. The van der Waals surface area contributed by atoms with Crippen LogP contribution < -0.4 is 0 Å². The van der Waals surface area contributed by atoms with Gasteiger partial charge in [0, 0.05) is 11.8 Å². The lowest BCUT2D eigenvalue weighted by Crippen LogP contribution is -2.30. The van der Waals surface area contributed by atoms with Gasteiger partial charge in [0.2, 0.25) is 0 Å². The Labute approximate surface area is 118 Å². The number of hydrogen-bond acceptors (Lipinski definition) is 2. The first kappa shape index (κ1) is 12.0. The van der Waals surface area contributed by atoms with Crippen molar-refractivity contribution < 1.29 is 9.21 Å². The molecule has 1 heterocycles. The second-order valence-corrected chi connectivity index (χ2v) is 6.09. The van der Waals surface area contributed by atoms with Gasteiger partial charge in [0.15, 0.2) is 0 Å². The molecule has 2 nitrogen and oxygen atoms in total. The molecule has 2 aliphatic rings. The van der Waals surface area contributed by atoms with Gasteiger partial charge in [0.05, 0.1) is 12.2 Å². The summed E-state index contributed by atoms with van der Waals surface area (Å²) >= 11 is 0. The predicted octanol–water partition coefficient (Wildman–Crippen LogP) is 4.00. The van der Waals surface area contributed by atoms with Crippen molar-refractivity contribution >= 4 is 5.78 Å². The number of Topliss-reactive ketones (excluding diaryl/α,β-unsaturated/α-hetero) is 1. The summed E-state index contributed by atoms with van der Waals surface area (Å²) < 4.78 is 5.75. The lowest BCUT2D eigenvalue weighted by atomic mass is 9.69. The van der Waals surface area contributed by atoms with Gasteiger partial charge in [0.1, 0.15) is 11.5 Å². The molecular formula is C18H18O2. The van der Waals surface area contributed by atoms with Crippen LogP contribution in [0.25, 0.3) is 0 Å². The van der Waals surface area contributed by atoms with Crippen LogP contribution in [-0.2, 0) is 16.6 Å². The van der Waals surface area contributed by atoms with Crippen molar-refractivity contribution in [2.75, 3.05) is 0 Å². The topological polar surface area (TPSA) is 30.2 Å². The lowest BCUT2D eigenvalue weighted by Gasteiger charge is -2.33. The molecule has 102 valence electrons. The first-order chi connectivity index (χ1) is 9.81. The van der Waals surface area contributed by atoms with Gasteiger partial charge in [-0.3, -0.25) is 4.79 Å². The molecule has 0 aliphatic heterocycles. The maximum Gasteiger partial charge on any atom is 0.144 e. The zero-order valence-electron chi connectivity index (χ0n) is 11.5. The van der Waals surface area contributed by atoms with Crippen LogP contribution in [0.3, 0.4) is 0 Å². The van der Waals surface area contributed by atoms with Crippen LogP contribution in [0.5, 0.6) is 0 Å². The normalized spacial score (nSPS) is 28.8. The van der Waals surface area contributed by atoms with Crippen LogP contribution in [0.4, 0.5) is 0 Å². The Kier molecular flexibility index (Phi) is 2.59. The van der Waals surface area contributed by atoms with Crippen molar-refractivity contribution in [3.63, 3.8) is 0 Å². The van der Waals surface area contributed by atoms with E-state index >= 15 is 0 Å². The maximum absolute atomic E-state index is 12.5. The third-order valence-electron chi connectivity index (χ3n) is 5.15. The van der Waals surface area contributed by atoms with E-state index in [0.29, 0.717) is 12.2 Å². The van der Waals surface area contributed by atoms with Crippen molar-refractivity contribution in [1.82, 2.24) is 0 Å². The van der Waals surface area contributed by atoms with Gasteiger partial charge in [-0.25, -0.2) is 0 Å². The standard InChI is InChI=1S/C18H18O2/c19-15-8-11-18(14-6-2-1-3-7-14)10-4-5-13-9-12-20-17(13)16(15)18/h1-3,6-7,9,12,16H,4-5,8,10-11H2/t16-,18-/m0/s1. The fourth-order valence-corrected chi connectivity index (χ4v) is 4.24. The third kappa shape index (κ3) is 1.54. The van der Waals surface area contributed by atoms with Gasteiger partial charge in [-0.15, -0.1) is 0 Å². The molecule has 1 aromatic carbocycles. The van der Waals surface area contributed by atoms with Gasteiger partial charge < -0.3 is 4.42 Å². The Balaban J connectivity index is 1.92. The van der Waals surface area contributed by atoms with Gasteiger partial charge >= 0.3 is 0 Å². The van der Waals surface area contributed by atoms with E-state index < -0.39 is 0 Å². The van der Waals surface area contributed by atoms with Crippen LogP contribution >= 0.6 is 0 Å². The predicted molar refractivity (Wildman–Crippen MR) is 76.7 cm³/mol. The minimum absolute atomic E-state index is 0.0402. The molecule has 20 heavy (non-hydrogen) atoms. The fraction of sp³-hybridized carbons (Fsp3) is 0.389. The van der Waals surface area contributed by atoms with Crippen LogP contribution in [0, 0.1) is 0 Å². The molecule has 1 saturated carbocycles. The molecule has 0 unspecified atom stereocenters. The summed E-state index contributed by atoms with van der Waals surface area (Å²) in [5.74, 6) is 1.22. The van der Waals surface area contributed by atoms with Crippen molar-refractivity contribution in [1.29, 1.82) is 0 Å². The highest BCUT2D eigenvalue weighted by molar-refractivity contribution is 5.90. The highest BCUT2D eigenvalue weighted by Gasteiger charge is 2.52. The molecule has 0 saturated heterocycles. The third-order valence-corrected chi connectivity index (χ3v) is 5.15. The Morgan fingerprint density at radius 2 is 1.90 bits per heavy atom.